The van der Waals surface area contributed by atoms with Crippen molar-refractivity contribution in [3.05, 3.63) is 71.8 Å². The van der Waals surface area contributed by atoms with E-state index in [1.54, 1.807) is 0 Å². The molecule has 0 fully saturated rings. The smallest absolute Gasteiger partial charge is 0.0491 e. The third kappa shape index (κ3) is 4.21. The minimum atomic E-state index is -0.163. The SMILES string of the molecule is Br.Br.N[C@@H](c1ccccc1)[C@@H](N)c1ccccc1. The quantitative estimate of drug-likeness (QED) is 0.864. The highest BCUT2D eigenvalue weighted by atomic mass is 79.9. The summed E-state index contributed by atoms with van der Waals surface area (Å²) in [6.45, 7) is 0. The van der Waals surface area contributed by atoms with Crippen molar-refractivity contribution in [3.63, 3.8) is 0 Å². The first-order valence-corrected chi connectivity index (χ1v) is 5.40. The molecule has 4 heteroatoms. The van der Waals surface area contributed by atoms with Gasteiger partial charge in [-0.05, 0) is 11.1 Å². The Kier molecular flexibility index (Phi) is 8.11. The minimum Gasteiger partial charge on any atom is -0.322 e. The molecule has 0 aromatic heterocycles. The second-order valence-electron chi connectivity index (χ2n) is 3.87. The molecule has 4 N–H and O–H groups in total. The highest BCUT2D eigenvalue weighted by Gasteiger charge is 2.16. The Bertz CT molecular complexity index is 391. The summed E-state index contributed by atoms with van der Waals surface area (Å²) in [7, 11) is 0. The van der Waals surface area contributed by atoms with Crippen LogP contribution in [0.2, 0.25) is 0 Å². The lowest BCUT2D eigenvalue weighted by Gasteiger charge is -2.20. The summed E-state index contributed by atoms with van der Waals surface area (Å²) < 4.78 is 0. The summed E-state index contributed by atoms with van der Waals surface area (Å²) in [5, 5.41) is 0. The number of halogens is 2. The van der Waals surface area contributed by atoms with Crippen LogP contribution in [0.15, 0.2) is 60.7 Å². The van der Waals surface area contributed by atoms with Crippen LogP contribution in [0.4, 0.5) is 0 Å². The van der Waals surface area contributed by atoms with Crippen molar-refractivity contribution in [1.29, 1.82) is 0 Å². The lowest BCUT2D eigenvalue weighted by Crippen LogP contribution is -2.26. The lowest BCUT2D eigenvalue weighted by molar-refractivity contribution is 0.574. The second kappa shape index (κ2) is 8.43. The van der Waals surface area contributed by atoms with Crippen LogP contribution < -0.4 is 11.5 Å². The summed E-state index contributed by atoms with van der Waals surface area (Å²) >= 11 is 0. The van der Waals surface area contributed by atoms with E-state index >= 15 is 0 Å². The summed E-state index contributed by atoms with van der Waals surface area (Å²) in [6, 6.07) is 19.6. The standard InChI is InChI=1S/C14H16N2.2BrH/c15-13(11-7-3-1-4-8-11)14(16)12-9-5-2-6-10-12;;/h1-10,13-14H,15-16H2;2*1H/t13-,14-;;/m0../s1. The second-order valence-corrected chi connectivity index (χ2v) is 3.87. The molecule has 0 amide bonds. The largest absolute Gasteiger partial charge is 0.322 e. The fraction of sp³-hybridized carbons (Fsp3) is 0.143. The first kappa shape index (κ1) is 17.3. The van der Waals surface area contributed by atoms with Crippen LogP contribution in [-0.2, 0) is 0 Å². The van der Waals surface area contributed by atoms with Gasteiger partial charge < -0.3 is 11.5 Å². The Hall–Kier alpha value is -0.680. The maximum absolute atomic E-state index is 6.15. The molecular formula is C14H18Br2N2. The molecule has 0 bridgehead atoms. The Morgan fingerprint density at radius 2 is 0.833 bits per heavy atom. The van der Waals surface area contributed by atoms with Crippen molar-refractivity contribution in [2.24, 2.45) is 11.5 Å². The number of nitrogens with two attached hydrogens (primary N) is 2. The summed E-state index contributed by atoms with van der Waals surface area (Å²) in [6.07, 6.45) is 0. The molecule has 0 saturated heterocycles. The van der Waals surface area contributed by atoms with E-state index < -0.39 is 0 Å². The molecule has 2 aromatic rings. The molecule has 2 aromatic carbocycles. The van der Waals surface area contributed by atoms with Crippen LogP contribution in [0.1, 0.15) is 23.2 Å². The zero-order chi connectivity index (χ0) is 11.4. The predicted molar refractivity (Wildman–Crippen MR) is 87.4 cm³/mol. The summed E-state index contributed by atoms with van der Waals surface area (Å²) in [5.41, 5.74) is 14.4. The zero-order valence-corrected chi connectivity index (χ0v) is 13.3. The van der Waals surface area contributed by atoms with Crippen LogP contribution in [0.3, 0.4) is 0 Å². The van der Waals surface area contributed by atoms with E-state index in [1.165, 1.54) is 0 Å². The van der Waals surface area contributed by atoms with Crippen LogP contribution >= 0.6 is 34.0 Å². The van der Waals surface area contributed by atoms with E-state index in [0.717, 1.165) is 11.1 Å². The molecule has 0 aliphatic carbocycles. The van der Waals surface area contributed by atoms with Gasteiger partial charge >= 0.3 is 0 Å². The topological polar surface area (TPSA) is 52.0 Å². The number of benzene rings is 2. The van der Waals surface area contributed by atoms with Crippen LogP contribution in [0.5, 0.6) is 0 Å². The van der Waals surface area contributed by atoms with E-state index in [4.69, 9.17) is 11.5 Å². The highest BCUT2D eigenvalue weighted by Crippen LogP contribution is 2.23. The van der Waals surface area contributed by atoms with Gasteiger partial charge in [-0.2, -0.15) is 0 Å². The fourth-order valence-corrected chi connectivity index (χ4v) is 1.77. The lowest BCUT2D eigenvalue weighted by atomic mass is 9.95. The molecule has 0 spiro atoms. The monoisotopic (exact) mass is 372 g/mol. The molecule has 2 nitrogen and oxygen atoms in total. The van der Waals surface area contributed by atoms with Gasteiger partial charge in [0.05, 0.1) is 0 Å². The van der Waals surface area contributed by atoms with Gasteiger partial charge in [0.25, 0.3) is 0 Å². The van der Waals surface area contributed by atoms with Gasteiger partial charge in [0.15, 0.2) is 0 Å². The molecule has 0 saturated carbocycles. The maximum Gasteiger partial charge on any atom is 0.0491 e. The first-order valence-electron chi connectivity index (χ1n) is 5.40. The number of hydrogen-bond donors (Lipinski definition) is 2. The molecule has 18 heavy (non-hydrogen) atoms. The Morgan fingerprint density at radius 1 is 0.556 bits per heavy atom. The molecule has 0 aliphatic heterocycles. The summed E-state index contributed by atoms with van der Waals surface area (Å²) in [4.78, 5) is 0. The van der Waals surface area contributed by atoms with Crippen LogP contribution in [0, 0.1) is 0 Å². The maximum atomic E-state index is 6.15. The molecule has 0 heterocycles. The molecule has 0 unspecified atom stereocenters. The number of rotatable bonds is 3. The van der Waals surface area contributed by atoms with Gasteiger partial charge in [0.2, 0.25) is 0 Å². The van der Waals surface area contributed by atoms with Crippen molar-refractivity contribution in [2.45, 2.75) is 12.1 Å². The van der Waals surface area contributed by atoms with Crippen LogP contribution in [0.25, 0.3) is 0 Å². The van der Waals surface area contributed by atoms with Gasteiger partial charge in [0, 0.05) is 12.1 Å². The highest BCUT2D eigenvalue weighted by molar-refractivity contribution is 8.93. The van der Waals surface area contributed by atoms with Gasteiger partial charge in [-0.15, -0.1) is 34.0 Å². The average Bonchev–Trinajstić information content (AvgIpc) is 2.39. The molecule has 2 rings (SSSR count). The molecule has 0 aliphatic rings. The van der Waals surface area contributed by atoms with Gasteiger partial charge in [-0.1, -0.05) is 60.7 Å². The third-order valence-electron chi connectivity index (χ3n) is 2.76. The van der Waals surface area contributed by atoms with Gasteiger partial charge in [0.1, 0.15) is 0 Å². The van der Waals surface area contributed by atoms with Crippen molar-refractivity contribution < 1.29 is 0 Å². The fourth-order valence-electron chi connectivity index (χ4n) is 1.77. The molecular weight excluding hydrogens is 356 g/mol. The predicted octanol–water partition coefficient (Wildman–Crippen LogP) is 3.54. The van der Waals surface area contributed by atoms with E-state index in [9.17, 15) is 0 Å². The van der Waals surface area contributed by atoms with Crippen molar-refractivity contribution in [2.75, 3.05) is 0 Å². The normalized spacial score (nSPS) is 12.8. The Labute approximate surface area is 129 Å². The van der Waals surface area contributed by atoms with Gasteiger partial charge in [-0.25, -0.2) is 0 Å². The van der Waals surface area contributed by atoms with E-state index in [0.29, 0.717) is 0 Å². The minimum absolute atomic E-state index is 0. The zero-order valence-electron chi connectivity index (χ0n) is 9.90. The molecule has 98 valence electrons. The Morgan fingerprint density at radius 3 is 1.11 bits per heavy atom. The van der Waals surface area contributed by atoms with E-state index in [1.807, 2.05) is 60.7 Å². The Balaban J connectivity index is 0.00000144. The number of hydrogen-bond acceptors (Lipinski definition) is 2. The van der Waals surface area contributed by atoms with Gasteiger partial charge in [-0.3, -0.25) is 0 Å². The molecule has 0 radical (unpaired) electrons. The first-order chi connectivity index (χ1) is 7.79. The average molecular weight is 374 g/mol. The third-order valence-corrected chi connectivity index (χ3v) is 2.76. The van der Waals surface area contributed by atoms with Crippen molar-refractivity contribution in [1.82, 2.24) is 0 Å². The summed E-state index contributed by atoms with van der Waals surface area (Å²) in [5.74, 6) is 0. The van der Waals surface area contributed by atoms with Crippen LogP contribution in [-0.4, -0.2) is 0 Å². The van der Waals surface area contributed by atoms with E-state index in [2.05, 4.69) is 0 Å². The van der Waals surface area contributed by atoms with Crippen molar-refractivity contribution >= 4 is 34.0 Å². The molecule has 2 atom stereocenters. The van der Waals surface area contributed by atoms with Crippen molar-refractivity contribution in [3.8, 4) is 0 Å². The van der Waals surface area contributed by atoms with E-state index in [-0.39, 0.29) is 46.0 Å².